The summed E-state index contributed by atoms with van der Waals surface area (Å²) in [6.45, 7) is 2.14. The van der Waals surface area contributed by atoms with E-state index in [-0.39, 0.29) is 18.6 Å². The number of thioether (sulfide) groups is 1. The van der Waals surface area contributed by atoms with Crippen molar-refractivity contribution in [2.45, 2.75) is 25.8 Å². The van der Waals surface area contributed by atoms with Gasteiger partial charge >= 0.3 is 0 Å². The maximum absolute atomic E-state index is 12.4. The van der Waals surface area contributed by atoms with E-state index in [1.807, 2.05) is 31.3 Å². The summed E-state index contributed by atoms with van der Waals surface area (Å²) in [5.74, 6) is 6.91. The van der Waals surface area contributed by atoms with Crippen molar-refractivity contribution in [1.29, 1.82) is 0 Å². The molecule has 0 aliphatic carbocycles. The molecule has 1 aromatic carbocycles. The van der Waals surface area contributed by atoms with E-state index in [1.165, 1.54) is 0 Å². The molecule has 1 amide bonds. The van der Waals surface area contributed by atoms with E-state index in [0.717, 1.165) is 17.7 Å². The standard InChI is InChI=1S/C17H23NO2S/c1-14(11-13-21-3)18(2)17(20)16-9-7-15(8-10-16)6-4-5-12-19/h7-10,14,19H,5,11-13H2,1-3H3. The first-order chi connectivity index (χ1) is 10.1. The molecule has 0 saturated carbocycles. The molecule has 1 atom stereocenters. The van der Waals surface area contributed by atoms with Crippen LogP contribution in [0.2, 0.25) is 0 Å². The van der Waals surface area contributed by atoms with Crippen LogP contribution in [0, 0.1) is 11.8 Å². The third kappa shape index (κ3) is 5.82. The molecule has 1 rings (SSSR count). The van der Waals surface area contributed by atoms with Crippen molar-refractivity contribution >= 4 is 17.7 Å². The molecule has 0 saturated heterocycles. The molecular weight excluding hydrogens is 282 g/mol. The van der Waals surface area contributed by atoms with E-state index in [1.54, 1.807) is 16.7 Å². The average molecular weight is 305 g/mol. The zero-order valence-corrected chi connectivity index (χ0v) is 13.7. The maximum atomic E-state index is 12.4. The number of carbonyl (C=O) groups excluding carboxylic acids is 1. The number of hydrogen-bond acceptors (Lipinski definition) is 3. The van der Waals surface area contributed by atoms with Crippen LogP contribution in [0.15, 0.2) is 24.3 Å². The van der Waals surface area contributed by atoms with Gasteiger partial charge in [0.05, 0.1) is 6.61 Å². The Kier molecular flexibility index (Phi) is 7.96. The van der Waals surface area contributed by atoms with Crippen LogP contribution in [-0.2, 0) is 0 Å². The average Bonchev–Trinajstić information content (AvgIpc) is 2.52. The fourth-order valence-corrected chi connectivity index (χ4v) is 2.38. The summed E-state index contributed by atoms with van der Waals surface area (Å²) in [6.07, 6.45) is 3.54. The molecule has 114 valence electrons. The van der Waals surface area contributed by atoms with Crippen molar-refractivity contribution in [2.24, 2.45) is 0 Å². The molecule has 0 spiro atoms. The van der Waals surface area contributed by atoms with E-state index < -0.39 is 0 Å². The van der Waals surface area contributed by atoms with Crippen molar-refractivity contribution < 1.29 is 9.90 Å². The van der Waals surface area contributed by atoms with Gasteiger partial charge in [0.2, 0.25) is 0 Å². The third-order valence-corrected chi connectivity index (χ3v) is 3.97. The van der Waals surface area contributed by atoms with Gasteiger partial charge in [-0.25, -0.2) is 0 Å². The highest BCUT2D eigenvalue weighted by molar-refractivity contribution is 7.98. The predicted molar refractivity (Wildman–Crippen MR) is 89.6 cm³/mol. The predicted octanol–water partition coefficient (Wildman–Crippen LogP) is 2.63. The van der Waals surface area contributed by atoms with Gasteiger partial charge in [-0.3, -0.25) is 4.79 Å². The van der Waals surface area contributed by atoms with Crippen molar-refractivity contribution in [3.05, 3.63) is 35.4 Å². The Bertz CT molecular complexity index is 502. The number of rotatable bonds is 6. The molecule has 1 aromatic rings. The minimum atomic E-state index is 0.0403. The normalized spacial score (nSPS) is 11.4. The van der Waals surface area contributed by atoms with Crippen LogP contribution in [0.5, 0.6) is 0 Å². The van der Waals surface area contributed by atoms with Crippen molar-refractivity contribution in [3.8, 4) is 11.8 Å². The number of aliphatic hydroxyl groups excluding tert-OH is 1. The van der Waals surface area contributed by atoms with Gasteiger partial charge in [0, 0.05) is 30.6 Å². The Morgan fingerprint density at radius 3 is 2.62 bits per heavy atom. The zero-order chi connectivity index (χ0) is 15.7. The molecular formula is C17H23NO2S. The Balaban J connectivity index is 2.68. The highest BCUT2D eigenvalue weighted by atomic mass is 32.2. The van der Waals surface area contributed by atoms with Crippen molar-refractivity contribution in [3.63, 3.8) is 0 Å². The topological polar surface area (TPSA) is 40.5 Å². The Hall–Kier alpha value is -1.44. The SMILES string of the molecule is CSCCC(C)N(C)C(=O)c1ccc(C#CCCO)cc1. The van der Waals surface area contributed by atoms with Crippen LogP contribution in [-0.4, -0.2) is 47.6 Å². The van der Waals surface area contributed by atoms with E-state index in [0.29, 0.717) is 12.0 Å². The fraction of sp³-hybridized carbons (Fsp3) is 0.471. The highest BCUT2D eigenvalue weighted by Crippen LogP contribution is 2.11. The molecule has 21 heavy (non-hydrogen) atoms. The molecule has 0 heterocycles. The first-order valence-electron chi connectivity index (χ1n) is 7.06. The lowest BCUT2D eigenvalue weighted by Gasteiger charge is -2.24. The number of hydrogen-bond donors (Lipinski definition) is 1. The first kappa shape index (κ1) is 17.6. The molecule has 1 N–H and O–H groups in total. The van der Waals surface area contributed by atoms with E-state index in [9.17, 15) is 4.79 Å². The second-order valence-corrected chi connectivity index (χ2v) is 5.88. The van der Waals surface area contributed by atoms with E-state index >= 15 is 0 Å². The van der Waals surface area contributed by atoms with Gasteiger partial charge in [0.25, 0.3) is 5.91 Å². The Labute approximate surface area is 131 Å². The number of nitrogens with zero attached hydrogens (tertiary/aromatic N) is 1. The molecule has 1 unspecified atom stereocenters. The van der Waals surface area contributed by atoms with Gasteiger partial charge in [-0.2, -0.15) is 11.8 Å². The van der Waals surface area contributed by atoms with Crippen LogP contribution in [0.3, 0.4) is 0 Å². The Morgan fingerprint density at radius 2 is 2.05 bits per heavy atom. The summed E-state index contributed by atoms with van der Waals surface area (Å²) in [5.41, 5.74) is 1.54. The molecule has 0 bridgehead atoms. The molecule has 0 aromatic heterocycles. The van der Waals surface area contributed by atoms with Gasteiger partial charge in [0.1, 0.15) is 0 Å². The van der Waals surface area contributed by atoms with Crippen LogP contribution < -0.4 is 0 Å². The van der Waals surface area contributed by atoms with Gasteiger partial charge in [-0.05, 0) is 49.6 Å². The zero-order valence-electron chi connectivity index (χ0n) is 12.9. The number of benzene rings is 1. The van der Waals surface area contributed by atoms with Crippen molar-refractivity contribution in [1.82, 2.24) is 4.90 Å². The van der Waals surface area contributed by atoms with Gasteiger partial charge in [-0.1, -0.05) is 11.8 Å². The molecule has 0 fully saturated rings. The number of amides is 1. The lowest BCUT2D eigenvalue weighted by Crippen LogP contribution is -2.35. The molecule has 4 heteroatoms. The third-order valence-electron chi connectivity index (χ3n) is 3.32. The minimum absolute atomic E-state index is 0.0403. The molecule has 3 nitrogen and oxygen atoms in total. The van der Waals surface area contributed by atoms with Crippen molar-refractivity contribution in [2.75, 3.05) is 25.7 Å². The second-order valence-electron chi connectivity index (χ2n) is 4.90. The largest absolute Gasteiger partial charge is 0.395 e. The summed E-state index contributed by atoms with van der Waals surface area (Å²) in [7, 11) is 1.85. The van der Waals surface area contributed by atoms with Crippen LogP contribution in [0.25, 0.3) is 0 Å². The molecule has 0 aliphatic rings. The van der Waals surface area contributed by atoms with Gasteiger partial charge in [0.15, 0.2) is 0 Å². The lowest BCUT2D eigenvalue weighted by molar-refractivity contribution is 0.0741. The van der Waals surface area contributed by atoms with Crippen LogP contribution in [0.4, 0.5) is 0 Å². The second kappa shape index (κ2) is 9.49. The van der Waals surface area contributed by atoms with Crippen LogP contribution in [0.1, 0.15) is 35.7 Å². The van der Waals surface area contributed by atoms with Crippen LogP contribution >= 0.6 is 11.8 Å². The first-order valence-corrected chi connectivity index (χ1v) is 8.45. The van der Waals surface area contributed by atoms with E-state index in [4.69, 9.17) is 5.11 Å². The minimum Gasteiger partial charge on any atom is -0.395 e. The summed E-state index contributed by atoms with van der Waals surface area (Å²) < 4.78 is 0. The highest BCUT2D eigenvalue weighted by Gasteiger charge is 2.16. The lowest BCUT2D eigenvalue weighted by atomic mass is 10.1. The number of carbonyl (C=O) groups is 1. The summed E-state index contributed by atoms with van der Waals surface area (Å²) in [5, 5.41) is 8.68. The smallest absolute Gasteiger partial charge is 0.253 e. The molecule has 0 aliphatic heterocycles. The van der Waals surface area contributed by atoms with Gasteiger partial charge < -0.3 is 10.0 Å². The maximum Gasteiger partial charge on any atom is 0.253 e. The summed E-state index contributed by atoms with van der Waals surface area (Å²) in [6, 6.07) is 7.54. The monoisotopic (exact) mass is 305 g/mol. The summed E-state index contributed by atoms with van der Waals surface area (Å²) in [4.78, 5) is 14.2. The summed E-state index contributed by atoms with van der Waals surface area (Å²) >= 11 is 1.80. The Morgan fingerprint density at radius 1 is 1.38 bits per heavy atom. The van der Waals surface area contributed by atoms with Gasteiger partial charge in [-0.15, -0.1) is 0 Å². The van der Waals surface area contributed by atoms with E-state index in [2.05, 4.69) is 25.0 Å². The quantitative estimate of drug-likeness (QED) is 0.821. The number of aliphatic hydroxyl groups is 1. The fourth-order valence-electron chi connectivity index (χ4n) is 1.80. The molecule has 0 radical (unpaired) electrons.